The van der Waals surface area contributed by atoms with Crippen molar-refractivity contribution in [2.75, 3.05) is 6.54 Å². The summed E-state index contributed by atoms with van der Waals surface area (Å²) in [6, 6.07) is 14.6. The van der Waals surface area contributed by atoms with E-state index in [1.165, 1.54) is 0 Å². The number of halogens is 1. The van der Waals surface area contributed by atoms with Gasteiger partial charge in [-0.1, -0.05) is 59.6 Å². The SMILES string of the molecule is CCNC(=O)C(C)N(Cc1ccccc1Cl)C(=O)Cc1ccc(C)cc1. The summed E-state index contributed by atoms with van der Waals surface area (Å²) in [5.41, 5.74) is 2.89. The molecular formula is C21H25ClN2O2. The predicted octanol–water partition coefficient (Wildman–Crippen LogP) is 3.74. The molecule has 2 aromatic rings. The van der Waals surface area contributed by atoms with Crippen LogP contribution in [0.5, 0.6) is 0 Å². The van der Waals surface area contributed by atoms with Gasteiger partial charge in [0.05, 0.1) is 6.42 Å². The van der Waals surface area contributed by atoms with Gasteiger partial charge in [0.2, 0.25) is 11.8 Å². The van der Waals surface area contributed by atoms with Crippen molar-refractivity contribution in [2.45, 2.75) is 39.8 Å². The lowest BCUT2D eigenvalue weighted by molar-refractivity contribution is -0.140. The largest absolute Gasteiger partial charge is 0.355 e. The summed E-state index contributed by atoms with van der Waals surface area (Å²) in [6.45, 7) is 6.43. The van der Waals surface area contributed by atoms with Gasteiger partial charge in [0.25, 0.3) is 0 Å². The molecule has 1 N–H and O–H groups in total. The Morgan fingerprint density at radius 2 is 1.77 bits per heavy atom. The molecule has 0 saturated carbocycles. The number of amides is 2. The molecule has 0 heterocycles. The van der Waals surface area contributed by atoms with E-state index in [2.05, 4.69) is 5.32 Å². The Balaban J connectivity index is 2.23. The summed E-state index contributed by atoms with van der Waals surface area (Å²) < 4.78 is 0. The summed E-state index contributed by atoms with van der Waals surface area (Å²) in [5, 5.41) is 3.37. The highest BCUT2D eigenvalue weighted by atomic mass is 35.5. The summed E-state index contributed by atoms with van der Waals surface area (Å²) in [5.74, 6) is -0.274. The number of hydrogen-bond acceptors (Lipinski definition) is 2. The van der Waals surface area contributed by atoms with Crippen LogP contribution in [0.2, 0.25) is 5.02 Å². The summed E-state index contributed by atoms with van der Waals surface area (Å²) in [7, 11) is 0. The molecule has 26 heavy (non-hydrogen) atoms. The fraction of sp³-hybridized carbons (Fsp3) is 0.333. The molecule has 0 spiro atoms. The number of hydrogen-bond donors (Lipinski definition) is 1. The van der Waals surface area contributed by atoms with Gasteiger partial charge in [0.1, 0.15) is 6.04 Å². The first-order valence-electron chi connectivity index (χ1n) is 8.78. The molecule has 0 radical (unpaired) electrons. The normalized spacial score (nSPS) is 11.7. The molecule has 0 bridgehead atoms. The van der Waals surface area contributed by atoms with Crippen LogP contribution >= 0.6 is 11.6 Å². The van der Waals surface area contributed by atoms with Crippen LogP contribution in [0, 0.1) is 6.92 Å². The molecular weight excluding hydrogens is 348 g/mol. The molecule has 5 heteroatoms. The van der Waals surface area contributed by atoms with Crippen LogP contribution in [0.3, 0.4) is 0 Å². The number of likely N-dealkylation sites (N-methyl/N-ethyl adjacent to an activating group) is 1. The third kappa shape index (κ3) is 5.33. The Bertz CT molecular complexity index is 759. The number of nitrogens with one attached hydrogen (secondary N) is 1. The molecule has 4 nitrogen and oxygen atoms in total. The van der Waals surface area contributed by atoms with Gasteiger partial charge >= 0.3 is 0 Å². The molecule has 1 atom stereocenters. The molecule has 0 saturated heterocycles. The molecule has 2 aromatic carbocycles. The molecule has 0 aliphatic carbocycles. The summed E-state index contributed by atoms with van der Waals surface area (Å²) in [6.07, 6.45) is 0.245. The molecule has 2 rings (SSSR count). The van der Waals surface area contributed by atoms with Crippen molar-refractivity contribution < 1.29 is 9.59 Å². The summed E-state index contributed by atoms with van der Waals surface area (Å²) in [4.78, 5) is 26.9. The second-order valence-electron chi connectivity index (χ2n) is 6.35. The average molecular weight is 373 g/mol. The van der Waals surface area contributed by atoms with Crippen molar-refractivity contribution in [2.24, 2.45) is 0 Å². The zero-order chi connectivity index (χ0) is 19.1. The first-order chi connectivity index (χ1) is 12.4. The van der Waals surface area contributed by atoms with Crippen LogP contribution < -0.4 is 5.32 Å². The van der Waals surface area contributed by atoms with Crippen molar-refractivity contribution >= 4 is 23.4 Å². The Morgan fingerprint density at radius 1 is 1.12 bits per heavy atom. The van der Waals surface area contributed by atoms with E-state index in [1.807, 2.05) is 56.3 Å². The fourth-order valence-corrected chi connectivity index (χ4v) is 2.89. The van der Waals surface area contributed by atoms with E-state index in [1.54, 1.807) is 17.9 Å². The van der Waals surface area contributed by atoms with E-state index in [0.29, 0.717) is 18.1 Å². The third-order valence-corrected chi connectivity index (χ3v) is 4.66. The quantitative estimate of drug-likeness (QED) is 0.804. The van der Waals surface area contributed by atoms with Crippen molar-refractivity contribution in [1.82, 2.24) is 10.2 Å². The first-order valence-corrected chi connectivity index (χ1v) is 9.16. The molecule has 0 aromatic heterocycles. The lowest BCUT2D eigenvalue weighted by Gasteiger charge is -2.29. The highest BCUT2D eigenvalue weighted by Gasteiger charge is 2.26. The van der Waals surface area contributed by atoms with Gasteiger partial charge in [-0.3, -0.25) is 9.59 Å². The Hall–Kier alpha value is -2.33. The zero-order valence-electron chi connectivity index (χ0n) is 15.5. The summed E-state index contributed by atoms with van der Waals surface area (Å²) >= 11 is 6.26. The second-order valence-corrected chi connectivity index (χ2v) is 6.75. The van der Waals surface area contributed by atoms with Crippen LogP contribution in [0.1, 0.15) is 30.5 Å². The maximum Gasteiger partial charge on any atom is 0.242 e. The zero-order valence-corrected chi connectivity index (χ0v) is 16.2. The topological polar surface area (TPSA) is 49.4 Å². The van der Waals surface area contributed by atoms with Crippen LogP contribution in [0.15, 0.2) is 48.5 Å². The van der Waals surface area contributed by atoms with Gasteiger partial charge in [-0.25, -0.2) is 0 Å². The van der Waals surface area contributed by atoms with E-state index in [4.69, 9.17) is 11.6 Å². The van der Waals surface area contributed by atoms with Crippen molar-refractivity contribution in [3.8, 4) is 0 Å². The van der Waals surface area contributed by atoms with E-state index in [9.17, 15) is 9.59 Å². The Labute approximate surface area is 160 Å². The average Bonchev–Trinajstić information content (AvgIpc) is 2.62. The number of carbonyl (C=O) groups excluding carboxylic acids is 2. The minimum Gasteiger partial charge on any atom is -0.355 e. The molecule has 0 aliphatic heterocycles. The molecule has 0 aliphatic rings. The molecule has 138 valence electrons. The molecule has 0 fully saturated rings. The van der Waals surface area contributed by atoms with Crippen LogP contribution in [0.4, 0.5) is 0 Å². The maximum absolute atomic E-state index is 13.0. The lowest BCUT2D eigenvalue weighted by atomic mass is 10.1. The standard InChI is InChI=1S/C21H25ClN2O2/c1-4-23-21(26)16(3)24(14-18-7-5-6-8-19(18)22)20(25)13-17-11-9-15(2)10-12-17/h5-12,16H,4,13-14H2,1-3H3,(H,23,26). The molecule has 2 amide bonds. The minimum atomic E-state index is -0.579. The van der Waals surface area contributed by atoms with Crippen LogP contribution in [-0.4, -0.2) is 29.3 Å². The monoisotopic (exact) mass is 372 g/mol. The second kappa shape index (κ2) is 9.39. The van der Waals surface area contributed by atoms with E-state index in [-0.39, 0.29) is 18.2 Å². The maximum atomic E-state index is 13.0. The fourth-order valence-electron chi connectivity index (χ4n) is 2.70. The highest BCUT2D eigenvalue weighted by molar-refractivity contribution is 6.31. The van der Waals surface area contributed by atoms with Crippen LogP contribution in [0.25, 0.3) is 0 Å². The predicted molar refractivity (Wildman–Crippen MR) is 105 cm³/mol. The molecule has 1 unspecified atom stereocenters. The van der Waals surface area contributed by atoms with Crippen LogP contribution in [-0.2, 0) is 22.6 Å². The van der Waals surface area contributed by atoms with Gasteiger partial charge in [-0.2, -0.15) is 0 Å². The highest BCUT2D eigenvalue weighted by Crippen LogP contribution is 2.19. The minimum absolute atomic E-state index is 0.104. The number of benzene rings is 2. The van der Waals surface area contributed by atoms with Gasteiger partial charge in [0.15, 0.2) is 0 Å². The van der Waals surface area contributed by atoms with E-state index < -0.39 is 6.04 Å². The third-order valence-electron chi connectivity index (χ3n) is 4.29. The number of nitrogens with zero attached hydrogens (tertiary/aromatic N) is 1. The van der Waals surface area contributed by atoms with Gasteiger partial charge in [0, 0.05) is 18.1 Å². The Morgan fingerprint density at radius 3 is 2.38 bits per heavy atom. The first kappa shape index (κ1) is 20.0. The number of aryl methyl sites for hydroxylation is 1. The van der Waals surface area contributed by atoms with Gasteiger partial charge < -0.3 is 10.2 Å². The van der Waals surface area contributed by atoms with Crippen molar-refractivity contribution in [3.05, 3.63) is 70.2 Å². The number of carbonyl (C=O) groups is 2. The van der Waals surface area contributed by atoms with E-state index >= 15 is 0 Å². The van der Waals surface area contributed by atoms with Crippen molar-refractivity contribution in [1.29, 1.82) is 0 Å². The van der Waals surface area contributed by atoms with Gasteiger partial charge in [-0.15, -0.1) is 0 Å². The van der Waals surface area contributed by atoms with E-state index in [0.717, 1.165) is 16.7 Å². The smallest absolute Gasteiger partial charge is 0.242 e. The van der Waals surface area contributed by atoms with Gasteiger partial charge in [-0.05, 0) is 38.0 Å². The lowest BCUT2D eigenvalue weighted by Crippen LogP contribution is -2.48. The Kier molecular flexibility index (Phi) is 7.22. The number of rotatable bonds is 7. The van der Waals surface area contributed by atoms with Crippen molar-refractivity contribution in [3.63, 3.8) is 0 Å².